The van der Waals surface area contributed by atoms with Crippen LogP contribution in [0.4, 0.5) is 4.79 Å². The third kappa shape index (κ3) is 3.69. The fraction of sp³-hybridized carbons (Fsp3) is 0.529. The van der Waals surface area contributed by atoms with Crippen molar-refractivity contribution in [1.82, 2.24) is 14.2 Å². The lowest BCUT2D eigenvalue weighted by molar-refractivity contribution is 0.0295. The Morgan fingerprint density at radius 3 is 2.24 bits per heavy atom. The zero-order valence-electron chi connectivity index (χ0n) is 14.9. The van der Waals surface area contributed by atoms with Gasteiger partial charge in [-0.3, -0.25) is 0 Å². The Labute approximate surface area is 148 Å². The molecular formula is C17H23N3O4S. The second-order valence-corrected chi connectivity index (χ2v) is 9.32. The topological polar surface area (TPSA) is 79.8 Å². The molecule has 0 bridgehead atoms. The number of hydrogen-bond acceptors (Lipinski definition) is 5. The predicted molar refractivity (Wildman–Crippen MR) is 92.6 cm³/mol. The van der Waals surface area contributed by atoms with Crippen LogP contribution in [0.3, 0.4) is 0 Å². The van der Waals surface area contributed by atoms with Gasteiger partial charge in [0.15, 0.2) is 5.03 Å². The zero-order valence-corrected chi connectivity index (χ0v) is 15.8. The van der Waals surface area contributed by atoms with E-state index < -0.39 is 15.6 Å². The maximum absolute atomic E-state index is 12.8. The lowest BCUT2D eigenvalue weighted by Crippen LogP contribution is -2.39. The summed E-state index contributed by atoms with van der Waals surface area (Å²) < 4.78 is 32.3. The monoisotopic (exact) mass is 365 g/mol. The highest BCUT2D eigenvalue weighted by Gasteiger charge is 2.39. The number of nitrogens with zero attached hydrogens (tertiary/aromatic N) is 3. The molecule has 0 atom stereocenters. The van der Waals surface area contributed by atoms with Crippen LogP contribution < -0.4 is 0 Å². The smallest absolute Gasteiger partial charge is 0.410 e. The number of aryl methyl sites for hydroxylation is 1. The first kappa shape index (κ1) is 17.9. The molecule has 136 valence electrons. The van der Waals surface area contributed by atoms with Crippen LogP contribution in [0.5, 0.6) is 0 Å². The molecule has 8 heteroatoms. The number of amides is 1. The van der Waals surface area contributed by atoms with Gasteiger partial charge < -0.3 is 9.64 Å². The number of hydrogen-bond donors (Lipinski definition) is 0. The summed E-state index contributed by atoms with van der Waals surface area (Å²) in [4.78, 5) is 17.9. The van der Waals surface area contributed by atoms with Gasteiger partial charge in [0.05, 0.1) is 0 Å². The molecule has 1 aromatic rings. The SMILES string of the molecule is Cc1cccc(S(=O)(=O)N2CC3=C(CN(C(=O)OC(C)(C)C)C3)C2)n1. The van der Waals surface area contributed by atoms with Gasteiger partial charge in [-0.1, -0.05) is 6.07 Å². The van der Waals surface area contributed by atoms with E-state index in [0.717, 1.165) is 11.1 Å². The van der Waals surface area contributed by atoms with Gasteiger partial charge >= 0.3 is 6.09 Å². The Bertz CT molecular complexity index is 822. The number of rotatable bonds is 2. The standard InChI is InChI=1S/C17H23N3O4S/c1-12-6-5-7-15(18-12)25(22,23)20-10-13-8-19(9-14(13)11-20)16(21)24-17(2,3)4/h5-7H,8-11H2,1-4H3. The summed E-state index contributed by atoms with van der Waals surface area (Å²) in [6.07, 6.45) is -0.364. The fourth-order valence-electron chi connectivity index (χ4n) is 2.97. The second-order valence-electron chi connectivity index (χ2n) is 7.43. The molecule has 0 fully saturated rings. The summed E-state index contributed by atoms with van der Waals surface area (Å²) in [6.45, 7) is 8.66. The molecule has 0 aliphatic carbocycles. The molecule has 25 heavy (non-hydrogen) atoms. The average molecular weight is 365 g/mol. The van der Waals surface area contributed by atoms with Crippen molar-refractivity contribution in [2.45, 2.75) is 38.3 Å². The second kappa shape index (κ2) is 6.10. The molecule has 0 spiro atoms. The molecule has 7 nitrogen and oxygen atoms in total. The molecule has 0 saturated carbocycles. The molecule has 3 rings (SSSR count). The van der Waals surface area contributed by atoms with Gasteiger partial charge in [0, 0.05) is 31.9 Å². The minimum atomic E-state index is -3.62. The molecule has 0 saturated heterocycles. The van der Waals surface area contributed by atoms with E-state index in [1.165, 1.54) is 10.4 Å². The Morgan fingerprint density at radius 1 is 1.12 bits per heavy atom. The molecule has 3 heterocycles. The maximum atomic E-state index is 12.8. The van der Waals surface area contributed by atoms with Crippen molar-refractivity contribution < 1.29 is 17.9 Å². The van der Waals surface area contributed by atoms with Crippen molar-refractivity contribution in [3.8, 4) is 0 Å². The van der Waals surface area contributed by atoms with E-state index in [4.69, 9.17) is 4.74 Å². The van der Waals surface area contributed by atoms with E-state index in [1.54, 1.807) is 24.0 Å². The Balaban J connectivity index is 1.67. The van der Waals surface area contributed by atoms with Gasteiger partial charge in [-0.2, -0.15) is 4.31 Å². The summed E-state index contributed by atoms with van der Waals surface area (Å²) in [5.41, 5.74) is 2.07. The van der Waals surface area contributed by atoms with Crippen molar-refractivity contribution >= 4 is 16.1 Å². The van der Waals surface area contributed by atoms with Crippen LogP contribution in [-0.2, 0) is 14.8 Å². The summed E-state index contributed by atoms with van der Waals surface area (Å²) >= 11 is 0. The minimum absolute atomic E-state index is 0.0673. The van der Waals surface area contributed by atoms with Gasteiger partial charge in [0.25, 0.3) is 10.0 Å². The molecule has 2 aliphatic rings. The highest BCUT2D eigenvalue weighted by molar-refractivity contribution is 7.89. The van der Waals surface area contributed by atoms with Crippen molar-refractivity contribution in [3.63, 3.8) is 0 Å². The normalized spacial score (nSPS) is 18.6. The van der Waals surface area contributed by atoms with Crippen molar-refractivity contribution in [1.29, 1.82) is 0 Å². The lowest BCUT2D eigenvalue weighted by atomic mass is 10.2. The molecule has 0 unspecified atom stereocenters. The van der Waals surface area contributed by atoms with E-state index >= 15 is 0 Å². The van der Waals surface area contributed by atoms with Crippen molar-refractivity contribution in [2.24, 2.45) is 0 Å². The van der Waals surface area contributed by atoms with Crippen LogP contribution in [0.15, 0.2) is 34.4 Å². The lowest BCUT2D eigenvalue weighted by Gasteiger charge is -2.26. The van der Waals surface area contributed by atoms with E-state index in [1.807, 2.05) is 20.8 Å². The van der Waals surface area contributed by atoms with Crippen molar-refractivity contribution in [3.05, 3.63) is 35.0 Å². The highest BCUT2D eigenvalue weighted by atomic mass is 32.2. The number of carbonyl (C=O) groups excluding carboxylic acids is 1. The van der Waals surface area contributed by atoms with Crippen LogP contribution in [0.2, 0.25) is 0 Å². The Kier molecular flexibility index (Phi) is 4.36. The molecule has 2 aliphatic heterocycles. The minimum Gasteiger partial charge on any atom is -0.444 e. The van der Waals surface area contributed by atoms with E-state index in [2.05, 4.69) is 4.98 Å². The highest BCUT2D eigenvalue weighted by Crippen LogP contribution is 2.30. The molecule has 0 aromatic carbocycles. The first-order chi connectivity index (χ1) is 11.6. The van der Waals surface area contributed by atoms with Gasteiger partial charge in [-0.25, -0.2) is 18.2 Å². The molecule has 0 N–H and O–H groups in total. The van der Waals surface area contributed by atoms with E-state index in [9.17, 15) is 13.2 Å². The number of aromatic nitrogens is 1. The van der Waals surface area contributed by atoms with Crippen LogP contribution >= 0.6 is 0 Å². The zero-order chi connectivity index (χ0) is 18.4. The first-order valence-corrected chi connectivity index (χ1v) is 9.62. The van der Waals surface area contributed by atoms with Crippen molar-refractivity contribution in [2.75, 3.05) is 26.2 Å². The van der Waals surface area contributed by atoms with Gasteiger partial charge in [-0.05, 0) is 51.0 Å². The number of sulfonamides is 1. The fourth-order valence-corrected chi connectivity index (χ4v) is 4.39. The van der Waals surface area contributed by atoms with E-state index in [0.29, 0.717) is 31.9 Å². The van der Waals surface area contributed by atoms with Gasteiger partial charge in [-0.15, -0.1) is 0 Å². The Morgan fingerprint density at radius 2 is 1.72 bits per heavy atom. The van der Waals surface area contributed by atoms with Crippen LogP contribution in [0.25, 0.3) is 0 Å². The average Bonchev–Trinajstić information content (AvgIpc) is 3.04. The van der Waals surface area contributed by atoms with Gasteiger partial charge in [0.1, 0.15) is 5.60 Å². The summed E-state index contributed by atoms with van der Waals surface area (Å²) in [5.74, 6) is 0. The van der Waals surface area contributed by atoms with Gasteiger partial charge in [0.2, 0.25) is 0 Å². The summed E-state index contributed by atoms with van der Waals surface area (Å²) in [7, 11) is -3.62. The summed E-state index contributed by atoms with van der Waals surface area (Å²) in [5, 5.41) is 0.0673. The maximum Gasteiger partial charge on any atom is 0.410 e. The molecule has 0 radical (unpaired) electrons. The quantitative estimate of drug-likeness (QED) is 0.749. The number of pyridine rings is 1. The molecule has 1 amide bonds. The predicted octanol–water partition coefficient (Wildman–Crippen LogP) is 1.94. The number of carbonyl (C=O) groups is 1. The molecule has 1 aromatic heterocycles. The largest absolute Gasteiger partial charge is 0.444 e. The Hall–Kier alpha value is -1.93. The van der Waals surface area contributed by atoms with E-state index in [-0.39, 0.29) is 11.1 Å². The first-order valence-electron chi connectivity index (χ1n) is 8.18. The van der Waals surface area contributed by atoms with Crippen LogP contribution in [-0.4, -0.2) is 60.5 Å². The third-order valence-electron chi connectivity index (χ3n) is 4.12. The van der Waals surface area contributed by atoms with Crippen LogP contribution in [0, 0.1) is 6.92 Å². The van der Waals surface area contributed by atoms with Crippen LogP contribution in [0.1, 0.15) is 26.5 Å². The molecular weight excluding hydrogens is 342 g/mol. The number of ether oxygens (including phenoxy) is 1. The summed E-state index contributed by atoms with van der Waals surface area (Å²) in [6, 6.07) is 4.97. The third-order valence-corrected chi connectivity index (χ3v) is 5.81.